The zero-order valence-corrected chi connectivity index (χ0v) is 13.2. The van der Waals surface area contributed by atoms with Gasteiger partial charge in [0, 0.05) is 17.7 Å². The summed E-state index contributed by atoms with van der Waals surface area (Å²) in [5.74, 6) is 0.245. The monoisotopic (exact) mass is 292 g/mol. The molecule has 0 atom stereocenters. The van der Waals surface area contributed by atoms with E-state index in [2.05, 4.69) is 12.0 Å². The van der Waals surface area contributed by atoms with Gasteiger partial charge < -0.3 is 5.11 Å². The van der Waals surface area contributed by atoms with Crippen molar-refractivity contribution >= 4 is 0 Å². The van der Waals surface area contributed by atoms with Crippen LogP contribution in [0.15, 0.2) is 48.5 Å². The van der Waals surface area contributed by atoms with Crippen LogP contribution >= 0.6 is 0 Å². The molecule has 0 spiro atoms. The summed E-state index contributed by atoms with van der Waals surface area (Å²) in [7, 11) is 0. The average molecular weight is 292 g/mol. The van der Waals surface area contributed by atoms with Crippen molar-refractivity contribution in [3.8, 4) is 28.3 Å². The van der Waals surface area contributed by atoms with Crippen molar-refractivity contribution < 1.29 is 5.11 Å². The summed E-state index contributed by atoms with van der Waals surface area (Å²) in [6.07, 6.45) is 0. The van der Waals surface area contributed by atoms with Crippen LogP contribution in [0, 0.1) is 13.8 Å². The second kappa shape index (κ2) is 5.68. The van der Waals surface area contributed by atoms with Crippen LogP contribution in [0.25, 0.3) is 22.5 Å². The van der Waals surface area contributed by atoms with Gasteiger partial charge in [0.05, 0.1) is 0 Å². The molecule has 0 fully saturated rings. The maximum absolute atomic E-state index is 10.7. The Labute approximate surface area is 130 Å². The van der Waals surface area contributed by atoms with Gasteiger partial charge in [-0.1, -0.05) is 59.7 Å². The lowest BCUT2D eigenvalue weighted by atomic mass is 10.1. The predicted octanol–water partition coefficient (Wildman–Crippen LogP) is 4.56. The van der Waals surface area contributed by atoms with E-state index in [1.165, 1.54) is 11.1 Å². The molecule has 2 aromatic carbocycles. The number of aromatic nitrogens is 2. The normalized spacial score (nSPS) is 10.9. The van der Waals surface area contributed by atoms with Crippen LogP contribution in [0.3, 0.4) is 0 Å². The molecule has 3 nitrogen and oxygen atoms in total. The highest BCUT2D eigenvalue weighted by molar-refractivity contribution is 5.78. The first-order valence-corrected chi connectivity index (χ1v) is 7.54. The van der Waals surface area contributed by atoms with E-state index in [1.807, 2.05) is 67.1 Å². The van der Waals surface area contributed by atoms with E-state index < -0.39 is 0 Å². The molecule has 1 heterocycles. The lowest BCUT2D eigenvalue weighted by molar-refractivity contribution is 0.478. The Morgan fingerprint density at radius 3 is 1.86 bits per heavy atom. The van der Waals surface area contributed by atoms with E-state index >= 15 is 0 Å². The van der Waals surface area contributed by atoms with Gasteiger partial charge in [-0.3, -0.25) is 4.68 Å². The van der Waals surface area contributed by atoms with Crippen LogP contribution < -0.4 is 0 Å². The molecule has 3 heteroatoms. The van der Waals surface area contributed by atoms with Crippen molar-refractivity contribution in [1.82, 2.24) is 9.78 Å². The third-order valence-electron chi connectivity index (χ3n) is 3.88. The average Bonchev–Trinajstić information content (AvgIpc) is 2.86. The highest BCUT2D eigenvalue weighted by atomic mass is 16.3. The highest BCUT2D eigenvalue weighted by Crippen LogP contribution is 2.38. The van der Waals surface area contributed by atoms with E-state index in [4.69, 9.17) is 0 Å². The Hall–Kier alpha value is -2.55. The molecule has 0 radical (unpaired) electrons. The first-order chi connectivity index (χ1) is 10.6. The lowest BCUT2D eigenvalue weighted by Crippen LogP contribution is -1.99. The van der Waals surface area contributed by atoms with E-state index in [0.29, 0.717) is 12.2 Å². The number of nitrogens with zero attached hydrogens (tertiary/aromatic N) is 2. The maximum Gasteiger partial charge on any atom is 0.169 e. The smallest absolute Gasteiger partial charge is 0.169 e. The number of aromatic hydroxyl groups is 1. The molecule has 0 amide bonds. The molecule has 0 aliphatic carbocycles. The summed E-state index contributed by atoms with van der Waals surface area (Å²) in [6.45, 7) is 6.84. The number of rotatable bonds is 3. The van der Waals surface area contributed by atoms with E-state index in [-0.39, 0.29) is 5.75 Å². The standard InChI is InChI=1S/C19H20N2O/c1-4-21-18(16-11-7-14(3)8-12-16)19(22)17(20-21)15-9-5-13(2)6-10-15/h5-12,22H,4H2,1-3H3. The second-order valence-electron chi connectivity index (χ2n) is 5.59. The van der Waals surface area contributed by atoms with Crippen molar-refractivity contribution in [2.75, 3.05) is 0 Å². The summed E-state index contributed by atoms with van der Waals surface area (Å²) < 4.78 is 1.86. The molecule has 0 saturated heterocycles. The third-order valence-corrected chi connectivity index (χ3v) is 3.88. The molecular formula is C19H20N2O. The molecule has 1 N–H and O–H groups in total. The molecule has 0 bridgehead atoms. The van der Waals surface area contributed by atoms with Crippen LogP contribution in [-0.2, 0) is 6.54 Å². The van der Waals surface area contributed by atoms with E-state index in [9.17, 15) is 5.11 Å². The second-order valence-corrected chi connectivity index (χ2v) is 5.59. The largest absolute Gasteiger partial charge is 0.504 e. The van der Waals surface area contributed by atoms with Crippen LogP contribution in [0.2, 0.25) is 0 Å². The van der Waals surface area contributed by atoms with Crippen LogP contribution in [0.1, 0.15) is 18.1 Å². The van der Waals surface area contributed by atoms with Crippen molar-refractivity contribution in [2.24, 2.45) is 0 Å². The molecule has 0 unspecified atom stereocenters. The van der Waals surface area contributed by atoms with Gasteiger partial charge in [-0.2, -0.15) is 5.10 Å². The predicted molar refractivity (Wildman–Crippen MR) is 89.9 cm³/mol. The molecule has 3 rings (SSSR count). The van der Waals surface area contributed by atoms with Crippen molar-refractivity contribution in [3.63, 3.8) is 0 Å². The minimum atomic E-state index is 0.245. The summed E-state index contributed by atoms with van der Waals surface area (Å²) >= 11 is 0. The summed E-state index contributed by atoms with van der Waals surface area (Å²) in [6, 6.07) is 16.2. The fraction of sp³-hybridized carbons (Fsp3) is 0.211. The van der Waals surface area contributed by atoms with Crippen molar-refractivity contribution in [1.29, 1.82) is 0 Å². The van der Waals surface area contributed by atoms with Gasteiger partial charge in [-0.25, -0.2) is 0 Å². The molecule has 0 aliphatic rings. The Balaban J connectivity index is 2.15. The molecule has 0 aliphatic heterocycles. The third kappa shape index (κ3) is 2.50. The van der Waals surface area contributed by atoms with Crippen molar-refractivity contribution in [2.45, 2.75) is 27.3 Å². The molecular weight excluding hydrogens is 272 g/mol. The first kappa shape index (κ1) is 14.4. The zero-order chi connectivity index (χ0) is 15.7. The fourth-order valence-electron chi connectivity index (χ4n) is 2.58. The van der Waals surface area contributed by atoms with Gasteiger partial charge in [0.2, 0.25) is 0 Å². The van der Waals surface area contributed by atoms with Gasteiger partial charge in [-0.15, -0.1) is 0 Å². The Kier molecular flexibility index (Phi) is 3.72. The number of hydrogen-bond donors (Lipinski definition) is 1. The topological polar surface area (TPSA) is 38.0 Å². The number of aryl methyl sites for hydroxylation is 3. The summed E-state index contributed by atoms with van der Waals surface area (Å²) in [4.78, 5) is 0. The Morgan fingerprint density at radius 2 is 1.36 bits per heavy atom. The first-order valence-electron chi connectivity index (χ1n) is 7.54. The van der Waals surface area contributed by atoms with E-state index in [1.54, 1.807) is 0 Å². The van der Waals surface area contributed by atoms with Crippen LogP contribution in [0.4, 0.5) is 0 Å². The van der Waals surface area contributed by atoms with Gasteiger partial charge in [0.1, 0.15) is 11.4 Å². The molecule has 1 aromatic heterocycles. The minimum Gasteiger partial charge on any atom is -0.504 e. The van der Waals surface area contributed by atoms with Crippen LogP contribution in [0.5, 0.6) is 5.75 Å². The fourth-order valence-corrected chi connectivity index (χ4v) is 2.58. The lowest BCUT2D eigenvalue weighted by Gasteiger charge is -2.05. The van der Waals surface area contributed by atoms with Crippen molar-refractivity contribution in [3.05, 3.63) is 59.7 Å². The minimum absolute atomic E-state index is 0.245. The maximum atomic E-state index is 10.7. The Bertz CT molecular complexity index is 784. The summed E-state index contributed by atoms with van der Waals surface area (Å²) in [5, 5.41) is 15.3. The molecule has 0 saturated carbocycles. The van der Waals surface area contributed by atoms with Crippen LogP contribution in [-0.4, -0.2) is 14.9 Å². The Morgan fingerprint density at radius 1 is 0.864 bits per heavy atom. The number of hydrogen-bond acceptors (Lipinski definition) is 2. The van der Waals surface area contributed by atoms with Gasteiger partial charge in [-0.05, 0) is 20.8 Å². The highest BCUT2D eigenvalue weighted by Gasteiger charge is 2.19. The molecule has 3 aromatic rings. The molecule has 112 valence electrons. The van der Waals surface area contributed by atoms with E-state index in [0.717, 1.165) is 16.8 Å². The van der Waals surface area contributed by atoms with Gasteiger partial charge >= 0.3 is 0 Å². The van der Waals surface area contributed by atoms with Gasteiger partial charge in [0.15, 0.2) is 5.75 Å². The summed E-state index contributed by atoms with van der Waals surface area (Å²) in [5.41, 5.74) is 5.72. The SMILES string of the molecule is CCn1nc(-c2ccc(C)cc2)c(O)c1-c1ccc(C)cc1. The quantitative estimate of drug-likeness (QED) is 0.768. The number of benzene rings is 2. The van der Waals surface area contributed by atoms with Gasteiger partial charge in [0.25, 0.3) is 0 Å². The zero-order valence-electron chi connectivity index (χ0n) is 13.2. The molecule has 22 heavy (non-hydrogen) atoms.